The van der Waals surface area contributed by atoms with Crippen LogP contribution in [0.2, 0.25) is 5.02 Å². The fraction of sp³-hybridized carbons (Fsp3) is 0.200. The number of fused-ring (bicyclic) bond motifs is 3. The summed E-state index contributed by atoms with van der Waals surface area (Å²) in [5, 5.41) is 0.610. The zero-order valence-electron chi connectivity index (χ0n) is 13.8. The third-order valence-electron chi connectivity index (χ3n) is 5.09. The molecule has 1 atom stereocenters. The van der Waals surface area contributed by atoms with Gasteiger partial charge in [0.1, 0.15) is 5.84 Å². The van der Waals surface area contributed by atoms with E-state index in [9.17, 15) is 4.79 Å². The van der Waals surface area contributed by atoms with Crippen LogP contribution >= 0.6 is 11.6 Å². The van der Waals surface area contributed by atoms with Gasteiger partial charge in [-0.3, -0.25) is 0 Å². The first kappa shape index (κ1) is 15.9. The first-order chi connectivity index (χ1) is 12.1. The summed E-state index contributed by atoms with van der Waals surface area (Å²) in [6, 6.07) is 15.8. The topological polar surface area (TPSA) is 64.7 Å². The second-order valence-electron chi connectivity index (χ2n) is 6.28. The molecule has 0 saturated heterocycles. The molecule has 4 nitrogen and oxygen atoms in total. The molecule has 2 aliphatic rings. The molecule has 0 bridgehead atoms. The van der Waals surface area contributed by atoms with Gasteiger partial charge in [-0.15, -0.1) is 0 Å². The third kappa shape index (κ3) is 2.21. The number of benzene rings is 2. The lowest BCUT2D eigenvalue weighted by atomic mass is 9.69. The van der Waals surface area contributed by atoms with Crippen molar-refractivity contribution in [2.75, 3.05) is 7.11 Å². The van der Waals surface area contributed by atoms with E-state index in [0.717, 1.165) is 23.1 Å². The van der Waals surface area contributed by atoms with Crippen LogP contribution in [0.15, 0.2) is 64.8 Å². The van der Waals surface area contributed by atoms with Crippen LogP contribution in [0.1, 0.15) is 29.5 Å². The number of esters is 1. The summed E-state index contributed by atoms with van der Waals surface area (Å²) in [5.41, 5.74) is 9.94. The lowest BCUT2D eigenvalue weighted by Gasteiger charge is -2.36. The van der Waals surface area contributed by atoms with Crippen LogP contribution in [0.25, 0.3) is 0 Å². The van der Waals surface area contributed by atoms with Gasteiger partial charge in [0.2, 0.25) is 0 Å². The fourth-order valence-electron chi connectivity index (χ4n) is 3.99. The van der Waals surface area contributed by atoms with E-state index in [4.69, 9.17) is 22.1 Å². The number of nitrogens with two attached hydrogens (primary N) is 1. The first-order valence-electron chi connectivity index (χ1n) is 8.10. The Bertz CT molecular complexity index is 934. The molecular formula is C20H17ClN2O2. The lowest BCUT2D eigenvalue weighted by molar-refractivity contribution is -0.136. The molecule has 2 N–H and O–H groups in total. The summed E-state index contributed by atoms with van der Waals surface area (Å²) >= 11 is 6.18. The van der Waals surface area contributed by atoms with Crippen molar-refractivity contribution in [3.05, 3.63) is 81.5 Å². The van der Waals surface area contributed by atoms with Crippen molar-refractivity contribution in [1.29, 1.82) is 0 Å². The number of hydrogen-bond donors (Lipinski definition) is 1. The third-order valence-corrected chi connectivity index (χ3v) is 5.32. The van der Waals surface area contributed by atoms with Crippen LogP contribution in [-0.4, -0.2) is 18.9 Å². The van der Waals surface area contributed by atoms with Gasteiger partial charge < -0.3 is 10.5 Å². The predicted octanol–water partition coefficient (Wildman–Crippen LogP) is 3.57. The Balaban J connectivity index is 2.07. The van der Waals surface area contributed by atoms with E-state index < -0.39 is 5.41 Å². The fourth-order valence-corrected chi connectivity index (χ4v) is 4.17. The average molecular weight is 353 g/mol. The molecule has 4 rings (SSSR count). The van der Waals surface area contributed by atoms with Crippen molar-refractivity contribution >= 4 is 23.4 Å². The highest BCUT2D eigenvalue weighted by Gasteiger charge is 2.49. The largest absolute Gasteiger partial charge is 0.466 e. The Morgan fingerprint density at radius 2 is 2.00 bits per heavy atom. The second-order valence-corrected chi connectivity index (χ2v) is 6.71. The molecule has 2 aromatic carbocycles. The Hall–Kier alpha value is -2.59. The Labute approximate surface area is 151 Å². The quantitative estimate of drug-likeness (QED) is 0.840. The maximum Gasteiger partial charge on any atom is 0.335 e. The minimum Gasteiger partial charge on any atom is -0.466 e. The monoisotopic (exact) mass is 352 g/mol. The number of halogens is 1. The number of hydrogen-bond acceptors (Lipinski definition) is 4. The Morgan fingerprint density at radius 3 is 2.72 bits per heavy atom. The van der Waals surface area contributed by atoms with Crippen LogP contribution in [0.5, 0.6) is 0 Å². The number of aliphatic imine (C=N–C) groups is 1. The molecule has 126 valence electrons. The molecule has 0 amide bonds. The summed E-state index contributed by atoms with van der Waals surface area (Å²) < 4.78 is 4.98. The van der Waals surface area contributed by atoms with Gasteiger partial charge in [-0.2, -0.15) is 0 Å². The predicted molar refractivity (Wildman–Crippen MR) is 97.7 cm³/mol. The Kier molecular flexibility index (Phi) is 3.65. The van der Waals surface area contributed by atoms with Gasteiger partial charge in [-0.1, -0.05) is 48.0 Å². The van der Waals surface area contributed by atoms with E-state index in [0.29, 0.717) is 28.5 Å². The summed E-state index contributed by atoms with van der Waals surface area (Å²) in [5.74, 6) is 0.0316. The second kappa shape index (κ2) is 5.74. The molecule has 2 aromatic rings. The van der Waals surface area contributed by atoms with E-state index >= 15 is 0 Å². The molecule has 0 fully saturated rings. The molecular weight excluding hydrogens is 336 g/mol. The van der Waals surface area contributed by atoms with Gasteiger partial charge in [-0.05, 0) is 36.1 Å². The van der Waals surface area contributed by atoms with Gasteiger partial charge in [0.05, 0.1) is 23.8 Å². The number of carbonyl (C=O) groups is 1. The Morgan fingerprint density at radius 1 is 1.24 bits per heavy atom. The number of amidine groups is 1. The molecule has 0 saturated carbocycles. The number of ether oxygens (including phenoxy) is 1. The van der Waals surface area contributed by atoms with Crippen molar-refractivity contribution in [2.45, 2.75) is 18.3 Å². The maximum absolute atomic E-state index is 12.3. The number of methoxy groups -OCH3 is 1. The zero-order valence-corrected chi connectivity index (χ0v) is 14.5. The summed E-state index contributed by atoms with van der Waals surface area (Å²) in [6.07, 6.45) is 1.33. The van der Waals surface area contributed by atoms with Crippen molar-refractivity contribution < 1.29 is 9.53 Å². The molecule has 25 heavy (non-hydrogen) atoms. The molecule has 0 aromatic heterocycles. The number of allylic oxidation sites excluding steroid dienone is 1. The standard InChI is InChI=1S/C20H17ClN2O2/c1-25-19(24)14-9-10-20(12-5-3-2-4-6-12)16-8-7-13(21)11-15(16)18(22)23-17(14)20/h2-8,11H,9-10H2,1H3,(H2,22,23). The van der Waals surface area contributed by atoms with Crippen molar-refractivity contribution in [3.63, 3.8) is 0 Å². The van der Waals surface area contributed by atoms with Crippen LogP contribution in [0, 0.1) is 0 Å². The highest BCUT2D eigenvalue weighted by atomic mass is 35.5. The lowest BCUT2D eigenvalue weighted by Crippen LogP contribution is -2.35. The highest BCUT2D eigenvalue weighted by molar-refractivity contribution is 6.31. The number of nitrogens with zero attached hydrogens (tertiary/aromatic N) is 1. The van der Waals surface area contributed by atoms with Gasteiger partial charge in [-0.25, -0.2) is 9.79 Å². The molecule has 1 heterocycles. The zero-order chi connectivity index (χ0) is 17.6. The van der Waals surface area contributed by atoms with Gasteiger partial charge >= 0.3 is 5.97 Å². The number of rotatable bonds is 2. The van der Waals surface area contributed by atoms with E-state index in [2.05, 4.69) is 17.1 Å². The van der Waals surface area contributed by atoms with Crippen LogP contribution in [0.4, 0.5) is 0 Å². The van der Waals surface area contributed by atoms with E-state index in [1.807, 2.05) is 36.4 Å². The molecule has 1 unspecified atom stereocenters. The molecule has 1 aliphatic heterocycles. The van der Waals surface area contributed by atoms with Crippen LogP contribution in [0.3, 0.4) is 0 Å². The van der Waals surface area contributed by atoms with Crippen LogP contribution < -0.4 is 5.73 Å². The normalized spacial score (nSPS) is 21.4. The van der Waals surface area contributed by atoms with E-state index in [-0.39, 0.29) is 5.97 Å². The SMILES string of the molecule is COC(=O)C1=C2N=C(N)c3cc(Cl)ccc3C2(c2ccccc2)CC1. The minimum absolute atomic E-state index is 0.346. The summed E-state index contributed by atoms with van der Waals surface area (Å²) in [7, 11) is 1.39. The van der Waals surface area contributed by atoms with Gasteiger partial charge in [0, 0.05) is 10.6 Å². The maximum atomic E-state index is 12.3. The van der Waals surface area contributed by atoms with E-state index in [1.165, 1.54) is 7.11 Å². The van der Waals surface area contributed by atoms with Gasteiger partial charge in [0.15, 0.2) is 0 Å². The highest BCUT2D eigenvalue weighted by Crippen LogP contribution is 2.53. The minimum atomic E-state index is -0.506. The van der Waals surface area contributed by atoms with Crippen molar-refractivity contribution in [2.24, 2.45) is 10.7 Å². The molecule has 5 heteroatoms. The van der Waals surface area contributed by atoms with E-state index in [1.54, 1.807) is 0 Å². The molecule has 0 spiro atoms. The summed E-state index contributed by atoms with van der Waals surface area (Å²) in [6.45, 7) is 0. The number of carbonyl (C=O) groups excluding carboxylic acids is 1. The average Bonchev–Trinajstić information content (AvgIpc) is 3.02. The summed E-state index contributed by atoms with van der Waals surface area (Å²) in [4.78, 5) is 16.9. The van der Waals surface area contributed by atoms with Crippen molar-refractivity contribution in [3.8, 4) is 0 Å². The first-order valence-corrected chi connectivity index (χ1v) is 8.48. The van der Waals surface area contributed by atoms with Gasteiger partial charge in [0.25, 0.3) is 0 Å². The van der Waals surface area contributed by atoms with Crippen molar-refractivity contribution in [1.82, 2.24) is 0 Å². The smallest absolute Gasteiger partial charge is 0.335 e. The molecule has 0 radical (unpaired) electrons. The molecule has 1 aliphatic carbocycles. The van der Waals surface area contributed by atoms with Crippen LogP contribution in [-0.2, 0) is 14.9 Å².